The highest BCUT2D eigenvalue weighted by Gasteiger charge is 2.24. The van der Waals surface area contributed by atoms with Gasteiger partial charge in [0.15, 0.2) is 0 Å². The number of nitrogens with zero attached hydrogens (tertiary/aromatic N) is 2. The number of anilines is 1. The first-order valence-electron chi connectivity index (χ1n) is 9.37. The number of rotatable bonds is 3. The summed E-state index contributed by atoms with van der Waals surface area (Å²) in [6.07, 6.45) is 0.403. The number of hydrogen-bond acceptors (Lipinski definition) is 2. The molecule has 3 nitrogen and oxygen atoms in total. The fourth-order valence-electron chi connectivity index (χ4n) is 3.48. The van der Waals surface area contributed by atoms with Gasteiger partial charge in [0.25, 0.3) is 0 Å². The van der Waals surface area contributed by atoms with Gasteiger partial charge in [-0.25, -0.2) is 0 Å². The Bertz CT molecular complexity index is 1030. The van der Waals surface area contributed by atoms with Crippen LogP contribution in [0.5, 0.6) is 0 Å². The van der Waals surface area contributed by atoms with Crippen molar-refractivity contribution in [2.24, 2.45) is 4.99 Å². The van der Waals surface area contributed by atoms with Crippen LogP contribution in [0.1, 0.15) is 28.7 Å². The minimum absolute atomic E-state index is 0.101. The number of aliphatic imine (C=N–C) groups is 1. The molecule has 0 aromatic heterocycles. The molecule has 4 rings (SSSR count). The van der Waals surface area contributed by atoms with Crippen molar-refractivity contribution in [2.45, 2.75) is 19.9 Å². The summed E-state index contributed by atoms with van der Waals surface area (Å²) in [6, 6.07) is 24.6. The normalized spacial score (nSPS) is 14.1. The van der Waals surface area contributed by atoms with E-state index in [0.29, 0.717) is 19.5 Å². The quantitative estimate of drug-likeness (QED) is 0.535. The molecule has 1 aliphatic heterocycles. The summed E-state index contributed by atoms with van der Waals surface area (Å²) in [5, 5.41) is 0. The molecule has 3 aromatic rings. The molecule has 0 unspecified atom stereocenters. The monoisotopic (exact) mass is 432 g/mol. The lowest BCUT2D eigenvalue weighted by Gasteiger charge is -2.28. The first-order valence-corrected chi connectivity index (χ1v) is 10.2. The topological polar surface area (TPSA) is 32.7 Å². The first-order chi connectivity index (χ1) is 13.6. The molecule has 0 fully saturated rings. The van der Waals surface area contributed by atoms with Gasteiger partial charge in [0.2, 0.25) is 5.91 Å². The van der Waals surface area contributed by atoms with E-state index in [4.69, 9.17) is 4.99 Å². The van der Waals surface area contributed by atoms with Crippen molar-refractivity contribution in [1.29, 1.82) is 0 Å². The average molecular weight is 433 g/mol. The second-order valence-corrected chi connectivity index (χ2v) is 7.89. The third-order valence-electron chi connectivity index (χ3n) is 4.90. The van der Waals surface area contributed by atoms with Crippen LogP contribution in [0.25, 0.3) is 0 Å². The number of fused-ring (bicyclic) bond motifs is 1. The van der Waals surface area contributed by atoms with E-state index in [1.165, 1.54) is 0 Å². The van der Waals surface area contributed by atoms with E-state index in [1.54, 1.807) is 0 Å². The van der Waals surface area contributed by atoms with Crippen LogP contribution in [-0.2, 0) is 11.3 Å². The van der Waals surface area contributed by atoms with Gasteiger partial charge in [0, 0.05) is 28.6 Å². The van der Waals surface area contributed by atoms with Gasteiger partial charge in [0.1, 0.15) is 0 Å². The van der Waals surface area contributed by atoms with Crippen molar-refractivity contribution in [1.82, 2.24) is 0 Å². The van der Waals surface area contributed by atoms with Gasteiger partial charge >= 0.3 is 0 Å². The van der Waals surface area contributed by atoms with Gasteiger partial charge in [-0.1, -0.05) is 70.0 Å². The van der Waals surface area contributed by atoms with Crippen molar-refractivity contribution in [3.05, 3.63) is 99.5 Å². The summed E-state index contributed by atoms with van der Waals surface area (Å²) in [6.45, 7) is 3.11. The van der Waals surface area contributed by atoms with E-state index < -0.39 is 0 Å². The number of carbonyl (C=O) groups is 1. The standard InChI is InChI=1S/C24H21BrN2O/c1-17-7-12-22-21(15-17)24(19-5-3-2-4-6-19)26-14-13-23(28)27(22)16-18-8-10-20(25)11-9-18/h2-12,15H,13-14,16H2,1H3. The Balaban J connectivity index is 1.82. The Morgan fingerprint density at radius 2 is 1.75 bits per heavy atom. The van der Waals surface area contributed by atoms with E-state index >= 15 is 0 Å². The smallest absolute Gasteiger partial charge is 0.229 e. The maximum Gasteiger partial charge on any atom is 0.229 e. The van der Waals surface area contributed by atoms with E-state index in [2.05, 4.69) is 59.3 Å². The lowest BCUT2D eigenvalue weighted by atomic mass is 9.96. The Morgan fingerprint density at radius 1 is 1.00 bits per heavy atom. The Morgan fingerprint density at radius 3 is 2.50 bits per heavy atom. The summed E-state index contributed by atoms with van der Waals surface area (Å²) in [7, 11) is 0. The highest BCUT2D eigenvalue weighted by Crippen LogP contribution is 2.29. The van der Waals surface area contributed by atoms with Crippen LogP contribution in [0.3, 0.4) is 0 Å². The Labute approximate surface area is 173 Å². The minimum Gasteiger partial charge on any atom is -0.307 e. The first kappa shape index (κ1) is 18.6. The van der Waals surface area contributed by atoms with Crippen molar-refractivity contribution >= 4 is 33.2 Å². The van der Waals surface area contributed by atoms with Crippen molar-refractivity contribution in [3.8, 4) is 0 Å². The van der Waals surface area contributed by atoms with Crippen molar-refractivity contribution in [3.63, 3.8) is 0 Å². The van der Waals surface area contributed by atoms with Crippen LogP contribution in [-0.4, -0.2) is 18.2 Å². The Hall–Kier alpha value is -2.72. The summed E-state index contributed by atoms with van der Waals surface area (Å²) in [5.74, 6) is 0.101. The maximum absolute atomic E-state index is 13.0. The van der Waals surface area contributed by atoms with Gasteiger partial charge < -0.3 is 4.90 Å². The van der Waals surface area contributed by atoms with Crippen LogP contribution in [0, 0.1) is 6.92 Å². The molecule has 0 N–H and O–H groups in total. The van der Waals surface area contributed by atoms with Gasteiger partial charge in [-0.15, -0.1) is 0 Å². The number of carbonyl (C=O) groups excluding carboxylic acids is 1. The predicted octanol–water partition coefficient (Wildman–Crippen LogP) is 5.53. The molecule has 3 aromatic carbocycles. The summed E-state index contributed by atoms with van der Waals surface area (Å²) >= 11 is 3.48. The molecule has 0 aliphatic carbocycles. The molecule has 140 valence electrons. The van der Waals surface area contributed by atoms with Crippen molar-refractivity contribution < 1.29 is 4.79 Å². The van der Waals surface area contributed by atoms with Gasteiger partial charge in [0.05, 0.1) is 17.9 Å². The van der Waals surface area contributed by atoms with E-state index in [9.17, 15) is 4.79 Å². The van der Waals surface area contributed by atoms with Crippen molar-refractivity contribution in [2.75, 3.05) is 11.4 Å². The SMILES string of the molecule is Cc1ccc2c(c1)C(c1ccccc1)=NCCC(=O)N2Cc1ccc(Br)cc1. The van der Waals surface area contributed by atoms with Crippen LogP contribution in [0.4, 0.5) is 5.69 Å². The lowest BCUT2D eigenvalue weighted by molar-refractivity contribution is -0.118. The minimum atomic E-state index is 0.101. The maximum atomic E-state index is 13.0. The molecule has 0 atom stereocenters. The molecular formula is C24H21BrN2O. The summed E-state index contributed by atoms with van der Waals surface area (Å²) in [4.78, 5) is 19.7. The zero-order chi connectivity index (χ0) is 19.5. The number of benzene rings is 3. The second-order valence-electron chi connectivity index (χ2n) is 6.97. The highest BCUT2D eigenvalue weighted by molar-refractivity contribution is 9.10. The van der Waals surface area contributed by atoms with E-state index in [0.717, 1.165) is 38.1 Å². The van der Waals surface area contributed by atoms with Crippen LogP contribution in [0.2, 0.25) is 0 Å². The number of amides is 1. The highest BCUT2D eigenvalue weighted by atomic mass is 79.9. The predicted molar refractivity (Wildman–Crippen MR) is 118 cm³/mol. The van der Waals surface area contributed by atoms with Gasteiger partial charge in [-0.05, 0) is 36.8 Å². The molecule has 1 aliphatic rings. The zero-order valence-electron chi connectivity index (χ0n) is 15.7. The molecule has 4 heteroatoms. The van der Waals surface area contributed by atoms with Gasteiger partial charge in [-0.3, -0.25) is 9.79 Å². The van der Waals surface area contributed by atoms with Crippen LogP contribution in [0.15, 0.2) is 82.3 Å². The molecular weight excluding hydrogens is 412 g/mol. The molecule has 0 spiro atoms. The second kappa shape index (κ2) is 8.11. The van der Waals surface area contributed by atoms with E-state index in [1.807, 2.05) is 41.3 Å². The molecule has 28 heavy (non-hydrogen) atoms. The molecule has 0 radical (unpaired) electrons. The molecule has 1 heterocycles. The zero-order valence-corrected chi connectivity index (χ0v) is 17.3. The molecule has 0 saturated carbocycles. The third-order valence-corrected chi connectivity index (χ3v) is 5.42. The Kier molecular flexibility index (Phi) is 5.40. The molecule has 1 amide bonds. The molecule has 0 saturated heterocycles. The summed E-state index contributed by atoms with van der Waals surface area (Å²) in [5.41, 5.74) is 6.21. The van der Waals surface area contributed by atoms with Crippen LogP contribution < -0.4 is 4.90 Å². The number of hydrogen-bond donors (Lipinski definition) is 0. The summed E-state index contributed by atoms with van der Waals surface area (Å²) < 4.78 is 1.03. The van der Waals surface area contributed by atoms with Gasteiger partial charge in [-0.2, -0.15) is 0 Å². The lowest BCUT2D eigenvalue weighted by Crippen LogP contribution is -2.33. The van der Waals surface area contributed by atoms with Crippen LogP contribution >= 0.6 is 15.9 Å². The largest absolute Gasteiger partial charge is 0.307 e. The average Bonchev–Trinajstić information content (AvgIpc) is 2.71. The third kappa shape index (κ3) is 3.92. The molecule has 0 bridgehead atoms. The number of aryl methyl sites for hydroxylation is 1. The fraction of sp³-hybridized carbons (Fsp3) is 0.167. The van der Waals surface area contributed by atoms with E-state index in [-0.39, 0.29) is 5.91 Å². The number of halogens is 1. The fourth-order valence-corrected chi connectivity index (χ4v) is 3.75.